The molecule has 0 fully saturated rings. The lowest BCUT2D eigenvalue weighted by Crippen LogP contribution is -2.58. The molecule has 0 aromatic rings. The van der Waals surface area contributed by atoms with Crippen LogP contribution in [0.1, 0.15) is 13.3 Å². The molecule has 9 nitrogen and oxygen atoms in total. The summed E-state index contributed by atoms with van der Waals surface area (Å²) in [6, 6.07) is -0.499. The highest BCUT2D eigenvalue weighted by Gasteiger charge is 2.18. The molecule has 10 heteroatoms. The lowest BCUT2D eigenvalue weighted by atomic mass is 10.4. The summed E-state index contributed by atoms with van der Waals surface area (Å²) in [7, 11) is -0.950. The van der Waals surface area contributed by atoms with Crippen molar-refractivity contribution < 1.29 is 31.9 Å². The minimum absolute atomic E-state index is 0.00685. The van der Waals surface area contributed by atoms with Gasteiger partial charge in [0.15, 0.2) is 0 Å². The molecule has 0 aliphatic rings. The predicted molar refractivity (Wildman–Crippen MR) is 78.5 cm³/mol. The second-order valence-electron chi connectivity index (χ2n) is 5.31. The van der Waals surface area contributed by atoms with Crippen LogP contribution in [0, 0.1) is 0 Å². The van der Waals surface area contributed by atoms with Crippen molar-refractivity contribution in [1.82, 2.24) is 10.7 Å². The zero-order valence-corrected chi connectivity index (χ0v) is 13.9. The van der Waals surface area contributed by atoms with Gasteiger partial charge in [-0.2, -0.15) is 5.43 Å². The molecule has 0 unspecified atom stereocenters. The summed E-state index contributed by atoms with van der Waals surface area (Å²) in [6.07, 6.45) is 0.134. The molecule has 22 heavy (non-hydrogen) atoms. The monoisotopic (exact) mass is 337 g/mol. The van der Waals surface area contributed by atoms with Gasteiger partial charge in [-0.25, -0.2) is 22.6 Å². The Balaban J connectivity index is 3.98. The molecule has 0 aliphatic heterocycles. The van der Waals surface area contributed by atoms with Crippen LogP contribution in [-0.2, 0) is 19.6 Å². The molecule has 0 heterocycles. The first kappa shape index (κ1) is 20.3. The first-order valence-electron chi connectivity index (χ1n) is 6.58. The van der Waals surface area contributed by atoms with Gasteiger partial charge in [0.25, 0.3) is 0 Å². The zero-order chi connectivity index (χ0) is 17.4. The third-order valence-corrected chi connectivity index (χ3v) is 3.27. The summed E-state index contributed by atoms with van der Waals surface area (Å²) in [5.74, 6) is -1.01. The zero-order valence-electron chi connectivity index (χ0n) is 13.0. The average Bonchev–Trinajstić information content (AvgIpc) is 2.31. The van der Waals surface area contributed by atoms with Crippen molar-refractivity contribution in [2.24, 2.45) is 0 Å². The van der Waals surface area contributed by atoms with E-state index in [4.69, 9.17) is 4.74 Å². The highest BCUT2D eigenvalue weighted by molar-refractivity contribution is 7.85. The molecule has 0 saturated carbocycles. The van der Waals surface area contributed by atoms with Gasteiger partial charge in [0.05, 0.1) is 30.8 Å². The van der Waals surface area contributed by atoms with E-state index in [0.717, 1.165) is 0 Å². The molecule has 0 rings (SSSR count). The first-order valence-corrected chi connectivity index (χ1v) is 8.16. The first-order chi connectivity index (χ1) is 9.93. The number of nitrogens with one attached hydrogen (secondary N) is 2. The van der Waals surface area contributed by atoms with Crippen molar-refractivity contribution in [2.75, 3.05) is 39.5 Å². The summed E-state index contributed by atoms with van der Waals surface area (Å²) >= 11 is 0. The van der Waals surface area contributed by atoms with Crippen molar-refractivity contribution in [1.29, 1.82) is 0 Å². The van der Waals surface area contributed by atoms with Crippen LogP contribution in [0.15, 0.2) is 12.2 Å². The standard InChI is InChI=1S/C12H23N3O6S/c1-10(2)11(16)21-8-6-13-12(17)14-15(3,4)7-5-9-22(18,19)20/h1,5-9H2,2-4H3,(H2-,13,14,17,18,19,20). The Hall–Kier alpha value is -1.65. The molecule has 2 amide bonds. The number of hydrogen-bond donors (Lipinski definition) is 2. The number of urea groups is 1. The van der Waals surface area contributed by atoms with E-state index in [-0.39, 0.29) is 36.3 Å². The van der Waals surface area contributed by atoms with Crippen molar-refractivity contribution in [3.8, 4) is 0 Å². The Morgan fingerprint density at radius 2 is 1.91 bits per heavy atom. The lowest BCUT2D eigenvalue weighted by Gasteiger charge is -2.29. The van der Waals surface area contributed by atoms with E-state index in [1.165, 1.54) is 6.92 Å². The topological polar surface area (TPSA) is 125 Å². The SMILES string of the molecule is C=C(C)C(=O)OCCNC(=O)N[N+](C)(C)CCCS(=O)(=O)[O-]. The molecule has 0 bridgehead atoms. The molecule has 128 valence electrons. The maximum absolute atomic E-state index is 11.6. The molecule has 0 aromatic heterocycles. The van der Waals surface area contributed by atoms with Crippen molar-refractivity contribution in [3.05, 3.63) is 12.2 Å². The van der Waals surface area contributed by atoms with E-state index in [1.807, 2.05) is 0 Å². The van der Waals surface area contributed by atoms with Gasteiger partial charge >= 0.3 is 12.0 Å². The fourth-order valence-electron chi connectivity index (χ4n) is 1.44. The molecule has 0 aromatic carbocycles. The second kappa shape index (κ2) is 8.71. The van der Waals surface area contributed by atoms with Gasteiger partial charge < -0.3 is 14.6 Å². The summed E-state index contributed by atoms with van der Waals surface area (Å²) in [6.45, 7) is 5.36. The average molecular weight is 337 g/mol. The predicted octanol–water partition coefficient (Wildman–Crippen LogP) is -0.668. The number of esters is 1. The van der Waals surface area contributed by atoms with E-state index in [1.54, 1.807) is 14.1 Å². The highest BCUT2D eigenvalue weighted by atomic mass is 32.2. The third kappa shape index (κ3) is 11.1. The molecule has 0 atom stereocenters. The van der Waals surface area contributed by atoms with Crippen LogP contribution >= 0.6 is 0 Å². The second-order valence-corrected chi connectivity index (χ2v) is 6.83. The van der Waals surface area contributed by atoms with E-state index >= 15 is 0 Å². The molecule has 0 aliphatic carbocycles. The number of nitrogens with zero attached hydrogens (tertiary/aromatic N) is 1. The van der Waals surface area contributed by atoms with Crippen LogP contribution in [0.5, 0.6) is 0 Å². The van der Waals surface area contributed by atoms with Gasteiger partial charge in [-0.15, -0.1) is 0 Å². The highest BCUT2D eigenvalue weighted by Crippen LogP contribution is 1.97. The van der Waals surface area contributed by atoms with E-state index in [2.05, 4.69) is 17.3 Å². The fraction of sp³-hybridized carbons (Fsp3) is 0.667. The minimum atomic E-state index is -4.25. The maximum atomic E-state index is 11.6. The molecule has 0 saturated heterocycles. The minimum Gasteiger partial charge on any atom is -0.748 e. The Labute approximate surface area is 130 Å². The van der Waals surface area contributed by atoms with Gasteiger partial charge in [0, 0.05) is 17.7 Å². The number of carbonyl (C=O) groups is 2. The molecular formula is C12H23N3O6S. The van der Waals surface area contributed by atoms with E-state index in [0.29, 0.717) is 0 Å². The largest absolute Gasteiger partial charge is 0.748 e. The van der Waals surface area contributed by atoms with Gasteiger partial charge in [0.2, 0.25) is 0 Å². The Morgan fingerprint density at radius 1 is 1.32 bits per heavy atom. The lowest BCUT2D eigenvalue weighted by molar-refractivity contribution is -0.924. The fourth-order valence-corrected chi connectivity index (χ4v) is 1.92. The van der Waals surface area contributed by atoms with E-state index < -0.39 is 27.9 Å². The van der Waals surface area contributed by atoms with Gasteiger partial charge in [-0.3, -0.25) is 0 Å². The Bertz CT molecular complexity index is 515. The summed E-state index contributed by atoms with van der Waals surface area (Å²) < 4.78 is 36.3. The normalized spacial score (nSPS) is 11.6. The summed E-state index contributed by atoms with van der Waals surface area (Å²) in [5, 5.41) is 2.49. The maximum Gasteiger partial charge on any atom is 0.359 e. The van der Waals surface area contributed by atoms with Gasteiger partial charge in [0.1, 0.15) is 13.2 Å². The van der Waals surface area contributed by atoms with Crippen LogP contribution in [0.2, 0.25) is 0 Å². The number of carbonyl (C=O) groups excluding carboxylic acids is 2. The number of quaternary nitrogens is 1. The van der Waals surface area contributed by atoms with Crippen molar-refractivity contribution >= 4 is 22.1 Å². The van der Waals surface area contributed by atoms with Crippen LogP contribution < -0.4 is 10.7 Å². The van der Waals surface area contributed by atoms with Crippen LogP contribution in [0.25, 0.3) is 0 Å². The van der Waals surface area contributed by atoms with Crippen LogP contribution in [-0.4, -0.2) is 69.1 Å². The molecular weight excluding hydrogens is 314 g/mol. The Kier molecular flexibility index (Phi) is 8.06. The van der Waals surface area contributed by atoms with Crippen LogP contribution in [0.3, 0.4) is 0 Å². The number of rotatable bonds is 9. The smallest absolute Gasteiger partial charge is 0.359 e. The van der Waals surface area contributed by atoms with Crippen molar-refractivity contribution in [2.45, 2.75) is 13.3 Å². The van der Waals surface area contributed by atoms with Gasteiger partial charge in [-0.1, -0.05) is 6.58 Å². The van der Waals surface area contributed by atoms with E-state index in [9.17, 15) is 22.6 Å². The number of amides is 2. The molecule has 0 spiro atoms. The molecule has 0 radical (unpaired) electrons. The van der Waals surface area contributed by atoms with Gasteiger partial charge in [-0.05, 0) is 6.92 Å². The number of ether oxygens (including phenoxy) is 1. The Morgan fingerprint density at radius 3 is 2.41 bits per heavy atom. The van der Waals surface area contributed by atoms with Crippen LogP contribution in [0.4, 0.5) is 4.79 Å². The number of hydrogen-bond acceptors (Lipinski definition) is 6. The quantitative estimate of drug-likeness (QED) is 0.144. The summed E-state index contributed by atoms with van der Waals surface area (Å²) in [5.41, 5.74) is 2.86. The van der Waals surface area contributed by atoms with Crippen molar-refractivity contribution in [3.63, 3.8) is 0 Å². The third-order valence-electron chi connectivity index (χ3n) is 2.48. The molecule has 2 N–H and O–H groups in total. The summed E-state index contributed by atoms with van der Waals surface area (Å²) in [4.78, 5) is 22.7.